The van der Waals surface area contributed by atoms with Gasteiger partial charge in [0.1, 0.15) is 30.3 Å². The number of aryl methyl sites for hydroxylation is 2. The second kappa shape index (κ2) is 8.02. The first kappa shape index (κ1) is 17.8. The van der Waals surface area contributed by atoms with Crippen LogP contribution in [-0.4, -0.2) is 49.4 Å². The Hall–Kier alpha value is -1.24. The molecule has 0 atom stereocenters. The zero-order valence-corrected chi connectivity index (χ0v) is 17.1. The molecule has 1 aliphatic carbocycles. The molecule has 0 saturated carbocycles. The van der Waals surface area contributed by atoms with Gasteiger partial charge in [0.15, 0.2) is 5.82 Å². The Kier molecular flexibility index (Phi) is 5.29. The SMILES string of the molecule is C1CCCN(c2nc(C[NH+]3CCOCC3)nc3sc4c(c23)CCCC4)CC1. The van der Waals surface area contributed by atoms with Gasteiger partial charge in [-0.25, -0.2) is 9.97 Å². The third-order valence-corrected chi connectivity index (χ3v) is 7.54. The van der Waals surface area contributed by atoms with Crippen LogP contribution in [0.15, 0.2) is 0 Å². The lowest BCUT2D eigenvalue weighted by molar-refractivity contribution is -0.922. The minimum Gasteiger partial charge on any atom is -0.370 e. The molecule has 2 fully saturated rings. The molecule has 4 heterocycles. The molecule has 2 aromatic rings. The number of nitrogens with zero attached hydrogens (tertiary/aromatic N) is 3. The Morgan fingerprint density at radius 3 is 2.52 bits per heavy atom. The lowest BCUT2D eigenvalue weighted by Crippen LogP contribution is -3.12. The summed E-state index contributed by atoms with van der Waals surface area (Å²) in [6.07, 6.45) is 10.4. The highest BCUT2D eigenvalue weighted by atomic mass is 32.1. The molecular weight excluding hydrogens is 356 g/mol. The van der Waals surface area contributed by atoms with Crippen LogP contribution in [0, 0.1) is 0 Å². The topological polar surface area (TPSA) is 42.7 Å². The summed E-state index contributed by atoms with van der Waals surface area (Å²) in [4.78, 5) is 17.2. The fourth-order valence-corrected chi connectivity index (χ4v) is 6.11. The molecule has 0 aromatic carbocycles. The summed E-state index contributed by atoms with van der Waals surface area (Å²) in [5.74, 6) is 2.29. The van der Waals surface area contributed by atoms with Crippen molar-refractivity contribution in [1.82, 2.24) is 9.97 Å². The maximum Gasteiger partial charge on any atom is 0.187 e. The van der Waals surface area contributed by atoms with Crippen LogP contribution < -0.4 is 9.80 Å². The predicted octanol–water partition coefficient (Wildman–Crippen LogP) is 2.37. The first-order chi connectivity index (χ1) is 13.4. The Morgan fingerprint density at radius 1 is 0.926 bits per heavy atom. The van der Waals surface area contributed by atoms with E-state index in [1.807, 2.05) is 11.3 Å². The van der Waals surface area contributed by atoms with Gasteiger partial charge in [-0.15, -0.1) is 11.3 Å². The largest absolute Gasteiger partial charge is 0.370 e. The van der Waals surface area contributed by atoms with Crippen molar-refractivity contribution in [1.29, 1.82) is 0 Å². The minimum atomic E-state index is 0.865. The fourth-order valence-electron chi connectivity index (χ4n) is 4.83. The Bertz CT molecular complexity index is 791. The standard InChI is InChI=1S/C21H30N4OS/c1-2-6-10-25(9-5-1)20-19-16-7-3-4-8-17(16)27-21(19)23-18(22-20)15-24-11-13-26-14-12-24/h1-15H2/p+1. The summed E-state index contributed by atoms with van der Waals surface area (Å²) in [5.41, 5.74) is 1.57. The molecule has 6 heteroatoms. The van der Waals surface area contributed by atoms with E-state index in [0.29, 0.717) is 0 Å². The van der Waals surface area contributed by atoms with Crippen molar-refractivity contribution < 1.29 is 9.64 Å². The minimum absolute atomic E-state index is 0.865. The van der Waals surface area contributed by atoms with Gasteiger partial charge in [0, 0.05) is 18.0 Å². The summed E-state index contributed by atoms with van der Waals surface area (Å²) in [6, 6.07) is 0. The maximum absolute atomic E-state index is 5.53. The maximum atomic E-state index is 5.53. The second-order valence-electron chi connectivity index (χ2n) is 8.29. The number of anilines is 1. The number of nitrogens with one attached hydrogen (secondary N) is 1. The van der Waals surface area contributed by atoms with E-state index in [1.165, 1.54) is 67.4 Å². The lowest BCUT2D eigenvalue weighted by Gasteiger charge is -2.25. The number of rotatable bonds is 3. The van der Waals surface area contributed by atoms with Crippen molar-refractivity contribution in [3.05, 3.63) is 16.3 Å². The molecule has 3 aliphatic rings. The molecule has 0 amide bonds. The number of thiophene rings is 1. The molecule has 0 bridgehead atoms. The smallest absolute Gasteiger partial charge is 0.187 e. The van der Waals surface area contributed by atoms with Crippen LogP contribution in [0.25, 0.3) is 10.2 Å². The quantitative estimate of drug-likeness (QED) is 0.878. The van der Waals surface area contributed by atoms with Crippen LogP contribution in [0.2, 0.25) is 0 Å². The molecule has 27 heavy (non-hydrogen) atoms. The van der Waals surface area contributed by atoms with Gasteiger partial charge in [0.05, 0.1) is 18.6 Å². The Balaban J connectivity index is 1.56. The van der Waals surface area contributed by atoms with Crippen LogP contribution in [0.3, 0.4) is 0 Å². The first-order valence-corrected chi connectivity index (χ1v) is 11.7. The van der Waals surface area contributed by atoms with Crippen molar-refractivity contribution >= 4 is 27.4 Å². The fraction of sp³-hybridized carbons (Fsp3) is 0.714. The van der Waals surface area contributed by atoms with Crippen LogP contribution in [0.5, 0.6) is 0 Å². The molecule has 1 N–H and O–H groups in total. The Labute approximate surface area is 165 Å². The van der Waals surface area contributed by atoms with Gasteiger partial charge in [0.2, 0.25) is 0 Å². The molecule has 2 aliphatic heterocycles. The molecule has 0 spiro atoms. The van der Waals surface area contributed by atoms with E-state index in [2.05, 4.69) is 4.90 Å². The van der Waals surface area contributed by atoms with E-state index in [4.69, 9.17) is 14.7 Å². The number of ether oxygens (including phenoxy) is 1. The van der Waals surface area contributed by atoms with Crippen molar-refractivity contribution in [3.8, 4) is 0 Å². The predicted molar refractivity (Wildman–Crippen MR) is 110 cm³/mol. The number of morpholine rings is 1. The number of hydrogen-bond acceptors (Lipinski definition) is 5. The third kappa shape index (κ3) is 3.71. The van der Waals surface area contributed by atoms with Gasteiger partial charge in [-0.05, 0) is 44.1 Å². The van der Waals surface area contributed by atoms with Crippen LogP contribution in [0.4, 0.5) is 5.82 Å². The van der Waals surface area contributed by atoms with E-state index >= 15 is 0 Å². The van der Waals surface area contributed by atoms with Crippen molar-refractivity contribution in [2.75, 3.05) is 44.3 Å². The monoisotopic (exact) mass is 387 g/mol. The van der Waals surface area contributed by atoms with Gasteiger partial charge in [-0.3, -0.25) is 0 Å². The highest BCUT2D eigenvalue weighted by molar-refractivity contribution is 7.19. The molecule has 0 radical (unpaired) electrons. The van der Waals surface area contributed by atoms with Crippen LogP contribution in [0.1, 0.15) is 54.8 Å². The van der Waals surface area contributed by atoms with E-state index in [9.17, 15) is 0 Å². The van der Waals surface area contributed by atoms with E-state index < -0.39 is 0 Å². The zero-order chi connectivity index (χ0) is 18.1. The summed E-state index contributed by atoms with van der Waals surface area (Å²) in [6.45, 7) is 7.11. The van der Waals surface area contributed by atoms with E-state index in [-0.39, 0.29) is 0 Å². The first-order valence-electron chi connectivity index (χ1n) is 10.9. The Morgan fingerprint density at radius 2 is 1.70 bits per heavy atom. The number of aromatic nitrogens is 2. The third-order valence-electron chi connectivity index (χ3n) is 6.36. The molecule has 2 saturated heterocycles. The summed E-state index contributed by atoms with van der Waals surface area (Å²) >= 11 is 1.95. The molecule has 5 rings (SSSR count). The van der Waals surface area contributed by atoms with Gasteiger partial charge in [-0.2, -0.15) is 0 Å². The summed E-state index contributed by atoms with van der Waals surface area (Å²) in [5, 5.41) is 1.40. The van der Waals surface area contributed by atoms with Crippen molar-refractivity contribution in [2.24, 2.45) is 0 Å². The van der Waals surface area contributed by atoms with Crippen molar-refractivity contribution in [3.63, 3.8) is 0 Å². The summed E-state index contributed by atoms with van der Waals surface area (Å²) in [7, 11) is 0. The van der Waals surface area contributed by atoms with Crippen LogP contribution >= 0.6 is 11.3 Å². The van der Waals surface area contributed by atoms with Gasteiger partial charge >= 0.3 is 0 Å². The van der Waals surface area contributed by atoms with Crippen LogP contribution in [-0.2, 0) is 24.1 Å². The van der Waals surface area contributed by atoms with E-state index in [0.717, 1.165) is 51.8 Å². The number of hydrogen-bond donors (Lipinski definition) is 1. The van der Waals surface area contributed by atoms with Gasteiger partial charge in [-0.1, -0.05) is 12.8 Å². The van der Waals surface area contributed by atoms with Gasteiger partial charge < -0.3 is 14.5 Å². The highest BCUT2D eigenvalue weighted by Gasteiger charge is 2.25. The number of fused-ring (bicyclic) bond motifs is 3. The highest BCUT2D eigenvalue weighted by Crippen LogP contribution is 2.40. The van der Waals surface area contributed by atoms with E-state index in [1.54, 1.807) is 15.3 Å². The lowest BCUT2D eigenvalue weighted by atomic mass is 9.97. The van der Waals surface area contributed by atoms with Gasteiger partial charge in [0.25, 0.3) is 0 Å². The summed E-state index contributed by atoms with van der Waals surface area (Å²) < 4.78 is 5.53. The molecule has 146 valence electrons. The average Bonchev–Trinajstić information content (AvgIpc) is 2.87. The molecule has 5 nitrogen and oxygen atoms in total. The molecular formula is C21H31N4OS+. The van der Waals surface area contributed by atoms with Crippen molar-refractivity contribution in [2.45, 2.75) is 57.9 Å². The molecule has 2 aromatic heterocycles. The number of quaternary nitrogens is 1. The average molecular weight is 388 g/mol. The zero-order valence-electron chi connectivity index (χ0n) is 16.3. The second-order valence-corrected chi connectivity index (χ2v) is 9.38. The normalized spacial score (nSPS) is 22.0. The molecule has 0 unspecified atom stereocenters.